The maximum absolute atomic E-state index is 12.1. The Balaban J connectivity index is 2.36. The number of amides is 1. The summed E-state index contributed by atoms with van der Waals surface area (Å²) in [5.41, 5.74) is -1.69. The first-order chi connectivity index (χ1) is 10.9. The number of sulfone groups is 1. The highest BCUT2D eigenvalue weighted by Crippen LogP contribution is 2.54. The normalized spacial score (nSPS) is 26.5. The van der Waals surface area contributed by atoms with Crippen LogP contribution in [0.15, 0.2) is 24.3 Å². The summed E-state index contributed by atoms with van der Waals surface area (Å²) in [6, 6.07) is 6.51. The Morgan fingerprint density at radius 3 is 2.25 bits per heavy atom. The zero-order valence-electron chi connectivity index (χ0n) is 13.9. The summed E-state index contributed by atoms with van der Waals surface area (Å²) in [5.74, 6) is -0.685. The summed E-state index contributed by atoms with van der Waals surface area (Å²) in [5, 5.41) is 1.90. The van der Waals surface area contributed by atoms with Gasteiger partial charge in [-0.2, -0.15) is 0 Å². The first-order valence-electron chi connectivity index (χ1n) is 7.32. The molecule has 1 aromatic rings. The van der Waals surface area contributed by atoms with Crippen molar-refractivity contribution >= 4 is 33.8 Å². The second-order valence-electron chi connectivity index (χ2n) is 6.96. The molecular weight excluding hydrogens is 354 g/mol. The Morgan fingerprint density at radius 2 is 1.83 bits per heavy atom. The number of carbonyl (C=O) groups excluding carboxylic acids is 2. The fourth-order valence-corrected chi connectivity index (χ4v) is 4.79. The van der Waals surface area contributed by atoms with Crippen molar-refractivity contribution in [1.29, 1.82) is 0 Å². The zero-order chi connectivity index (χ0) is 18.3. The van der Waals surface area contributed by atoms with Crippen molar-refractivity contribution in [3.63, 3.8) is 0 Å². The molecule has 1 aromatic carbocycles. The lowest BCUT2D eigenvalue weighted by Gasteiger charge is -2.22. The van der Waals surface area contributed by atoms with Gasteiger partial charge in [0.1, 0.15) is 22.7 Å². The van der Waals surface area contributed by atoms with Crippen LogP contribution in [-0.2, 0) is 19.4 Å². The van der Waals surface area contributed by atoms with E-state index in [0.717, 1.165) is 6.26 Å². The molecule has 1 aliphatic carbocycles. The average molecular weight is 374 g/mol. The Kier molecular flexibility index (Phi) is 4.71. The number of aldehydes is 1. The van der Waals surface area contributed by atoms with Crippen LogP contribution in [0.2, 0.25) is 5.02 Å². The van der Waals surface area contributed by atoms with Gasteiger partial charge < -0.3 is 14.8 Å². The minimum atomic E-state index is -3.58. The van der Waals surface area contributed by atoms with Crippen molar-refractivity contribution in [2.24, 2.45) is 0 Å². The second kappa shape index (κ2) is 6.04. The largest absolute Gasteiger partial charge is 0.444 e. The summed E-state index contributed by atoms with van der Waals surface area (Å²) in [6.45, 7) is 5.04. The van der Waals surface area contributed by atoms with E-state index in [1.807, 2.05) is 0 Å². The van der Waals surface area contributed by atoms with Crippen LogP contribution >= 0.6 is 11.6 Å². The molecular formula is C16H20ClNO5S. The SMILES string of the molecule is CC(C)(C)OC(=O)N[C@]1(C=O)[C@H](c2ccc(Cl)cc2)[C@H]1S(C)(=O)=O. The number of hydrogen-bond donors (Lipinski definition) is 1. The van der Waals surface area contributed by atoms with Crippen molar-refractivity contribution in [3.05, 3.63) is 34.9 Å². The third-order valence-electron chi connectivity index (χ3n) is 3.78. The van der Waals surface area contributed by atoms with Crippen LogP contribution in [0.25, 0.3) is 0 Å². The Labute approximate surface area is 146 Å². The third-order valence-corrected chi connectivity index (χ3v) is 5.62. The van der Waals surface area contributed by atoms with E-state index in [9.17, 15) is 18.0 Å². The van der Waals surface area contributed by atoms with Gasteiger partial charge in [0, 0.05) is 17.2 Å². The first-order valence-corrected chi connectivity index (χ1v) is 9.66. The second-order valence-corrected chi connectivity index (χ2v) is 9.56. The van der Waals surface area contributed by atoms with Gasteiger partial charge in [-0.25, -0.2) is 13.2 Å². The van der Waals surface area contributed by atoms with E-state index < -0.39 is 38.2 Å². The summed E-state index contributed by atoms with van der Waals surface area (Å²) < 4.78 is 29.4. The van der Waals surface area contributed by atoms with Crippen LogP contribution < -0.4 is 5.32 Å². The molecule has 0 aromatic heterocycles. The van der Waals surface area contributed by atoms with E-state index in [1.54, 1.807) is 45.0 Å². The maximum atomic E-state index is 12.1. The maximum Gasteiger partial charge on any atom is 0.408 e. The van der Waals surface area contributed by atoms with E-state index in [2.05, 4.69) is 5.32 Å². The predicted octanol–water partition coefficient (Wildman–Crippen LogP) is 2.31. The molecule has 1 fully saturated rings. The molecule has 6 nitrogen and oxygen atoms in total. The van der Waals surface area contributed by atoms with E-state index in [4.69, 9.17) is 16.3 Å². The molecule has 2 rings (SSSR count). The summed E-state index contributed by atoms with van der Waals surface area (Å²) in [4.78, 5) is 23.8. The average Bonchev–Trinajstić information content (AvgIpc) is 3.06. The monoisotopic (exact) mass is 373 g/mol. The van der Waals surface area contributed by atoms with Gasteiger partial charge in [-0.3, -0.25) is 0 Å². The quantitative estimate of drug-likeness (QED) is 0.818. The van der Waals surface area contributed by atoms with Gasteiger partial charge in [0.15, 0.2) is 9.84 Å². The van der Waals surface area contributed by atoms with Gasteiger partial charge in [-0.05, 0) is 38.5 Å². The van der Waals surface area contributed by atoms with Crippen LogP contribution in [0.4, 0.5) is 4.79 Å². The van der Waals surface area contributed by atoms with Crippen LogP contribution in [0.5, 0.6) is 0 Å². The Bertz CT molecular complexity index is 754. The summed E-state index contributed by atoms with van der Waals surface area (Å²) in [7, 11) is -3.58. The predicted molar refractivity (Wildman–Crippen MR) is 91.0 cm³/mol. The number of halogens is 1. The minimum Gasteiger partial charge on any atom is -0.444 e. The molecule has 0 heterocycles. The van der Waals surface area contributed by atoms with Crippen molar-refractivity contribution in [2.45, 2.75) is 43.1 Å². The van der Waals surface area contributed by atoms with E-state index in [-0.39, 0.29) is 0 Å². The first kappa shape index (κ1) is 18.7. The molecule has 1 amide bonds. The van der Waals surface area contributed by atoms with E-state index in [1.165, 1.54) is 0 Å². The molecule has 1 aliphatic rings. The van der Waals surface area contributed by atoms with Gasteiger partial charge in [0.25, 0.3) is 0 Å². The number of rotatable bonds is 4. The van der Waals surface area contributed by atoms with Crippen LogP contribution in [-0.4, -0.2) is 43.4 Å². The molecule has 24 heavy (non-hydrogen) atoms. The lowest BCUT2D eigenvalue weighted by Crippen LogP contribution is -2.45. The third kappa shape index (κ3) is 3.72. The van der Waals surface area contributed by atoms with Crippen molar-refractivity contribution < 1.29 is 22.7 Å². The molecule has 3 atom stereocenters. The number of hydrogen-bond acceptors (Lipinski definition) is 5. The molecule has 1 saturated carbocycles. The van der Waals surface area contributed by atoms with Crippen molar-refractivity contribution in [1.82, 2.24) is 5.32 Å². The lowest BCUT2D eigenvalue weighted by molar-refractivity contribution is -0.110. The highest BCUT2D eigenvalue weighted by Gasteiger charge is 2.71. The molecule has 132 valence electrons. The highest BCUT2D eigenvalue weighted by molar-refractivity contribution is 7.91. The highest BCUT2D eigenvalue weighted by atomic mass is 35.5. The van der Waals surface area contributed by atoms with Gasteiger partial charge in [-0.1, -0.05) is 23.7 Å². The van der Waals surface area contributed by atoms with Gasteiger partial charge >= 0.3 is 6.09 Å². The van der Waals surface area contributed by atoms with Crippen LogP contribution in [0.1, 0.15) is 32.3 Å². The number of alkyl carbamates (subject to hydrolysis) is 1. The topological polar surface area (TPSA) is 89.5 Å². The molecule has 0 spiro atoms. The summed E-state index contributed by atoms with van der Waals surface area (Å²) in [6.07, 6.45) is 0.685. The van der Waals surface area contributed by atoms with Crippen molar-refractivity contribution in [3.8, 4) is 0 Å². The molecule has 1 N–H and O–H groups in total. The lowest BCUT2D eigenvalue weighted by atomic mass is 10.1. The summed E-state index contributed by atoms with van der Waals surface area (Å²) >= 11 is 5.85. The van der Waals surface area contributed by atoms with E-state index >= 15 is 0 Å². The number of benzene rings is 1. The Hall–Kier alpha value is -1.60. The minimum absolute atomic E-state index is 0.474. The molecule has 8 heteroatoms. The van der Waals surface area contributed by atoms with Crippen molar-refractivity contribution in [2.75, 3.05) is 6.26 Å². The van der Waals surface area contributed by atoms with Crippen LogP contribution in [0, 0.1) is 0 Å². The smallest absolute Gasteiger partial charge is 0.408 e. The molecule has 0 aliphatic heterocycles. The number of ether oxygens (including phenoxy) is 1. The van der Waals surface area contributed by atoms with E-state index in [0.29, 0.717) is 16.9 Å². The standard InChI is InChI=1S/C16H20ClNO5S/c1-15(2,3)23-14(20)18-16(9-19)12(13(16)24(4,21)22)10-5-7-11(17)8-6-10/h5-9,12-13H,1-4H3,(H,18,20)/t12-,13-,16-/m1/s1. The fourth-order valence-electron chi connectivity index (χ4n) is 2.90. The molecule has 0 saturated heterocycles. The molecule has 0 bridgehead atoms. The van der Waals surface area contributed by atoms with Gasteiger partial charge in [-0.15, -0.1) is 0 Å². The van der Waals surface area contributed by atoms with Gasteiger partial charge in [0.05, 0.1) is 0 Å². The number of nitrogens with one attached hydrogen (secondary N) is 1. The van der Waals surface area contributed by atoms with Crippen LogP contribution in [0.3, 0.4) is 0 Å². The molecule has 0 unspecified atom stereocenters. The van der Waals surface area contributed by atoms with Gasteiger partial charge in [0.2, 0.25) is 0 Å². The fraction of sp³-hybridized carbons (Fsp3) is 0.500. The zero-order valence-corrected chi connectivity index (χ0v) is 15.4. The molecule has 0 radical (unpaired) electrons. The Morgan fingerprint density at radius 1 is 1.29 bits per heavy atom. The number of carbonyl (C=O) groups is 2.